The molecule has 0 saturated heterocycles. The number of ether oxygens (including phenoxy) is 1. The number of carbonyl (C=O) groups excluding carboxylic acids is 1. The lowest BCUT2D eigenvalue weighted by molar-refractivity contribution is 0.100. The second kappa shape index (κ2) is 6.13. The van der Waals surface area contributed by atoms with Crippen molar-refractivity contribution in [3.05, 3.63) is 47.7 Å². The molecule has 2 aromatic rings. The standard InChI is InChI=1S/C15H18N4O2/c1-19(9-10-5-3-4-6-13(10)21-2)14-7-11(15(17)20)12(16)8-18-14/h3-8H,9,16H2,1-2H3,(H2,17,20). The molecular formula is C15H18N4O2. The van der Waals surface area contributed by atoms with Crippen molar-refractivity contribution in [2.45, 2.75) is 6.54 Å². The molecule has 0 fully saturated rings. The number of carbonyl (C=O) groups is 1. The molecule has 2 rings (SSSR count). The van der Waals surface area contributed by atoms with Gasteiger partial charge in [0, 0.05) is 19.2 Å². The van der Waals surface area contributed by atoms with Gasteiger partial charge in [-0.25, -0.2) is 4.98 Å². The van der Waals surface area contributed by atoms with Crippen LogP contribution in [-0.2, 0) is 6.54 Å². The summed E-state index contributed by atoms with van der Waals surface area (Å²) in [5, 5.41) is 0. The Labute approximate surface area is 123 Å². The number of hydrogen-bond donors (Lipinski definition) is 2. The monoisotopic (exact) mass is 286 g/mol. The van der Waals surface area contributed by atoms with Crippen molar-refractivity contribution < 1.29 is 9.53 Å². The zero-order valence-corrected chi connectivity index (χ0v) is 12.0. The van der Waals surface area contributed by atoms with Crippen LogP contribution in [0.4, 0.5) is 11.5 Å². The Bertz CT molecular complexity index is 658. The number of rotatable bonds is 5. The summed E-state index contributed by atoms with van der Waals surface area (Å²) in [5.41, 5.74) is 12.5. The summed E-state index contributed by atoms with van der Waals surface area (Å²) < 4.78 is 5.32. The van der Waals surface area contributed by atoms with Gasteiger partial charge in [0.15, 0.2) is 0 Å². The Balaban J connectivity index is 2.26. The number of anilines is 2. The molecule has 1 aromatic carbocycles. The fourth-order valence-electron chi connectivity index (χ4n) is 2.05. The third kappa shape index (κ3) is 3.22. The Morgan fingerprint density at radius 1 is 1.38 bits per heavy atom. The Morgan fingerprint density at radius 3 is 2.76 bits per heavy atom. The molecule has 1 aromatic heterocycles. The summed E-state index contributed by atoms with van der Waals surface area (Å²) in [6.45, 7) is 0.582. The van der Waals surface area contributed by atoms with Crippen molar-refractivity contribution in [3.8, 4) is 5.75 Å². The van der Waals surface area contributed by atoms with Crippen molar-refractivity contribution in [2.75, 3.05) is 24.8 Å². The molecule has 0 radical (unpaired) electrons. The molecule has 6 heteroatoms. The van der Waals surface area contributed by atoms with Gasteiger partial charge in [0.05, 0.1) is 24.6 Å². The fraction of sp³-hybridized carbons (Fsp3) is 0.200. The van der Waals surface area contributed by atoms with E-state index in [0.717, 1.165) is 11.3 Å². The number of hydrogen-bond acceptors (Lipinski definition) is 5. The molecule has 0 spiro atoms. The fourth-order valence-corrected chi connectivity index (χ4v) is 2.05. The molecule has 0 saturated carbocycles. The summed E-state index contributed by atoms with van der Waals surface area (Å²) in [4.78, 5) is 17.4. The first kappa shape index (κ1) is 14.6. The Kier molecular flexibility index (Phi) is 4.27. The van der Waals surface area contributed by atoms with Gasteiger partial charge < -0.3 is 21.1 Å². The maximum atomic E-state index is 11.3. The first-order valence-corrected chi connectivity index (χ1v) is 6.41. The van der Waals surface area contributed by atoms with E-state index in [-0.39, 0.29) is 11.3 Å². The number of methoxy groups -OCH3 is 1. The number of pyridine rings is 1. The normalized spacial score (nSPS) is 10.2. The predicted molar refractivity (Wildman–Crippen MR) is 82.3 cm³/mol. The molecule has 0 aliphatic carbocycles. The van der Waals surface area contributed by atoms with Crippen LogP contribution in [0.5, 0.6) is 5.75 Å². The number of para-hydroxylation sites is 1. The van der Waals surface area contributed by atoms with E-state index < -0.39 is 5.91 Å². The predicted octanol–water partition coefficient (Wildman–Crippen LogP) is 1.41. The van der Waals surface area contributed by atoms with Crippen LogP contribution in [0.3, 0.4) is 0 Å². The highest BCUT2D eigenvalue weighted by molar-refractivity contribution is 5.98. The van der Waals surface area contributed by atoms with E-state index >= 15 is 0 Å². The van der Waals surface area contributed by atoms with E-state index in [4.69, 9.17) is 16.2 Å². The third-order valence-electron chi connectivity index (χ3n) is 3.18. The van der Waals surface area contributed by atoms with E-state index in [2.05, 4.69) is 4.98 Å². The van der Waals surface area contributed by atoms with Gasteiger partial charge in [0.2, 0.25) is 0 Å². The molecule has 0 aliphatic rings. The molecule has 0 bridgehead atoms. The minimum Gasteiger partial charge on any atom is -0.496 e. The van der Waals surface area contributed by atoms with Gasteiger partial charge in [-0.05, 0) is 12.1 Å². The molecule has 1 amide bonds. The van der Waals surface area contributed by atoms with E-state index in [0.29, 0.717) is 12.4 Å². The average molecular weight is 286 g/mol. The maximum Gasteiger partial charge on any atom is 0.250 e. The smallest absolute Gasteiger partial charge is 0.250 e. The minimum atomic E-state index is -0.568. The number of aromatic nitrogens is 1. The van der Waals surface area contributed by atoms with Crippen molar-refractivity contribution in [2.24, 2.45) is 5.73 Å². The van der Waals surface area contributed by atoms with Crippen LogP contribution in [0.2, 0.25) is 0 Å². The van der Waals surface area contributed by atoms with Gasteiger partial charge in [0.1, 0.15) is 11.6 Å². The van der Waals surface area contributed by atoms with Crippen LogP contribution in [0.15, 0.2) is 36.5 Å². The van der Waals surface area contributed by atoms with Crippen LogP contribution in [0.25, 0.3) is 0 Å². The van der Waals surface area contributed by atoms with Crippen molar-refractivity contribution >= 4 is 17.4 Å². The topological polar surface area (TPSA) is 94.5 Å². The number of nitrogens with two attached hydrogens (primary N) is 2. The zero-order valence-electron chi connectivity index (χ0n) is 12.0. The minimum absolute atomic E-state index is 0.270. The van der Waals surface area contributed by atoms with E-state index in [1.165, 1.54) is 6.20 Å². The van der Waals surface area contributed by atoms with Crippen molar-refractivity contribution in [1.29, 1.82) is 0 Å². The van der Waals surface area contributed by atoms with E-state index in [9.17, 15) is 4.79 Å². The van der Waals surface area contributed by atoms with Gasteiger partial charge >= 0.3 is 0 Å². The highest BCUT2D eigenvalue weighted by Crippen LogP contribution is 2.22. The highest BCUT2D eigenvalue weighted by Gasteiger charge is 2.12. The second-order valence-corrected chi connectivity index (χ2v) is 4.66. The number of benzene rings is 1. The molecular weight excluding hydrogens is 268 g/mol. The first-order valence-electron chi connectivity index (χ1n) is 6.41. The lowest BCUT2D eigenvalue weighted by Gasteiger charge is -2.20. The third-order valence-corrected chi connectivity index (χ3v) is 3.18. The van der Waals surface area contributed by atoms with Crippen LogP contribution in [0, 0.1) is 0 Å². The molecule has 4 N–H and O–H groups in total. The van der Waals surface area contributed by atoms with Crippen molar-refractivity contribution in [1.82, 2.24) is 4.98 Å². The van der Waals surface area contributed by atoms with Crippen LogP contribution in [0.1, 0.15) is 15.9 Å². The Hall–Kier alpha value is -2.76. The number of nitrogen functional groups attached to an aromatic ring is 1. The lowest BCUT2D eigenvalue weighted by Crippen LogP contribution is -2.20. The highest BCUT2D eigenvalue weighted by atomic mass is 16.5. The SMILES string of the molecule is COc1ccccc1CN(C)c1cc(C(N)=O)c(N)cn1. The van der Waals surface area contributed by atoms with E-state index in [1.54, 1.807) is 13.2 Å². The number of amides is 1. The molecule has 0 aliphatic heterocycles. The maximum absolute atomic E-state index is 11.3. The molecule has 21 heavy (non-hydrogen) atoms. The van der Waals surface area contributed by atoms with Gasteiger partial charge in [0.25, 0.3) is 5.91 Å². The molecule has 0 unspecified atom stereocenters. The van der Waals surface area contributed by atoms with Gasteiger partial charge in [-0.15, -0.1) is 0 Å². The summed E-state index contributed by atoms with van der Waals surface area (Å²) >= 11 is 0. The summed E-state index contributed by atoms with van der Waals surface area (Å²) in [6, 6.07) is 9.31. The second-order valence-electron chi connectivity index (χ2n) is 4.66. The van der Waals surface area contributed by atoms with Crippen molar-refractivity contribution in [3.63, 3.8) is 0 Å². The van der Waals surface area contributed by atoms with Gasteiger partial charge in [-0.3, -0.25) is 4.79 Å². The molecule has 110 valence electrons. The molecule has 0 atom stereocenters. The summed E-state index contributed by atoms with van der Waals surface area (Å²) in [6.07, 6.45) is 1.44. The summed E-state index contributed by atoms with van der Waals surface area (Å²) in [7, 11) is 3.50. The molecule has 1 heterocycles. The van der Waals surface area contributed by atoms with Gasteiger partial charge in [-0.1, -0.05) is 18.2 Å². The largest absolute Gasteiger partial charge is 0.496 e. The Morgan fingerprint density at radius 2 is 2.10 bits per heavy atom. The zero-order chi connectivity index (χ0) is 15.4. The molecule has 6 nitrogen and oxygen atoms in total. The quantitative estimate of drug-likeness (QED) is 0.866. The lowest BCUT2D eigenvalue weighted by atomic mass is 10.1. The first-order chi connectivity index (χ1) is 10.0. The summed E-state index contributed by atoms with van der Waals surface area (Å²) in [5.74, 6) is 0.848. The average Bonchev–Trinajstić information content (AvgIpc) is 2.47. The van der Waals surface area contributed by atoms with E-state index in [1.807, 2.05) is 36.2 Å². The number of primary amides is 1. The van der Waals surface area contributed by atoms with Gasteiger partial charge in [-0.2, -0.15) is 0 Å². The number of nitrogens with zero attached hydrogens (tertiary/aromatic N) is 2. The van der Waals surface area contributed by atoms with Crippen LogP contribution >= 0.6 is 0 Å². The van der Waals surface area contributed by atoms with Crippen LogP contribution in [-0.4, -0.2) is 25.0 Å². The van der Waals surface area contributed by atoms with Crippen LogP contribution < -0.4 is 21.1 Å².